The van der Waals surface area contributed by atoms with E-state index in [1.165, 1.54) is 11.3 Å². The highest BCUT2D eigenvalue weighted by Crippen LogP contribution is 2.54. The molecule has 0 bridgehead atoms. The monoisotopic (exact) mass is 396 g/mol. The molecule has 1 aromatic rings. The van der Waals surface area contributed by atoms with E-state index in [4.69, 9.17) is 9.47 Å². The number of benzene rings is 1. The fourth-order valence-corrected chi connectivity index (χ4v) is 4.78. The molecule has 6 heteroatoms. The maximum atomic E-state index is 12.0. The first kappa shape index (κ1) is 17.5. The van der Waals surface area contributed by atoms with Gasteiger partial charge in [0.1, 0.15) is 11.4 Å². The third kappa shape index (κ3) is 2.80. The van der Waals surface area contributed by atoms with E-state index in [9.17, 15) is 4.79 Å². The van der Waals surface area contributed by atoms with E-state index in [1.54, 1.807) is 0 Å². The SMILES string of the molecule is CN1CC[C@@]2(C)c3cc(OC(=O)OC(C)(C)C)cc(Br)c3N(C)C12. The van der Waals surface area contributed by atoms with Gasteiger partial charge in [0.2, 0.25) is 0 Å². The van der Waals surface area contributed by atoms with E-state index in [1.807, 2.05) is 32.9 Å². The number of anilines is 1. The fraction of sp³-hybridized carbons (Fsp3) is 0.611. The molecule has 2 heterocycles. The molecule has 24 heavy (non-hydrogen) atoms. The molecule has 0 aliphatic carbocycles. The van der Waals surface area contributed by atoms with Gasteiger partial charge in [-0.15, -0.1) is 0 Å². The Balaban J connectivity index is 1.94. The van der Waals surface area contributed by atoms with E-state index >= 15 is 0 Å². The van der Waals surface area contributed by atoms with Crippen LogP contribution in [0.4, 0.5) is 10.5 Å². The predicted octanol–water partition coefficient (Wildman–Crippen LogP) is 4.13. The molecule has 2 aliphatic heterocycles. The molecule has 0 amide bonds. The summed E-state index contributed by atoms with van der Waals surface area (Å²) < 4.78 is 11.6. The molecule has 1 saturated heterocycles. The van der Waals surface area contributed by atoms with Crippen molar-refractivity contribution < 1.29 is 14.3 Å². The van der Waals surface area contributed by atoms with Crippen LogP contribution in [0.3, 0.4) is 0 Å². The summed E-state index contributed by atoms with van der Waals surface area (Å²) in [5, 5.41) is 0. The molecule has 1 unspecified atom stereocenters. The highest BCUT2D eigenvalue weighted by atomic mass is 79.9. The normalized spacial score (nSPS) is 26.3. The highest BCUT2D eigenvalue weighted by molar-refractivity contribution is 9.10. The number of ether oxygens (including phenoxy) is 2. The number of rotatable bonds is 1. The van der Waals surface area contributed by atoms with Crippen LogP contribution in [0.2, 0.25) is 0 Å². The Morgan fingerprint density at radius 3 is 2.62 bits per heavy atom. The number of nitrogens with zero attached hydrogens (tertiary/aromatic N) is 2. The Hall–Kier alpha value is -1.27. The van der Waals surface area contributed by atoms with Gasteiger partial charge in [0, 0.05) is 23.5 Å². The van der Waals surface area contributed by atoms with E-state index < -0.39 is 11.8 Å². The first-order valence-corrected chi connectivity index (χ1v) is 9.00. The summed E-state index contributed by atoms with van der Waals surface area (Å²) in [6.45, 7) is 8.80. The van der Waals surface area contributed by atoms with Crippen molar-refractivity contribution in [3.8, 4) is 5.75 Å². The highest BCUT2D eigenvalue weighted by Gasteiger charge is 2.53. The van der Waals surface area contributed by atoms with Crippen LogP contribution in [-0.2, 0) is 10.2 Å². The van der Waals surface area contributed by atoms with Gasteiger partial charge in [-0.25, -0.2) is 4.79 Å². The largest absolute Gasteiger partial charge is 0.514 e. The molecule has 1 fully saturated rings. The van der Waals surface area contributed by atoms with Gasteiger partial charge in [-0.05, 0) is 67.9 Å². The van der Waals surface area contributed by atoms with Gasteiger partial charge in [-0.1, -0.05) is 6.92 Å². The van der Waals surface area contributed by atoms with Crippen molar-refractivity contribution in [1.82, 2.24) is 4.90 Å². The fourth-order valence-electron chi connectivity index (χ4n) is 4.06. The lowest BCUT2D eigenvalue weighted by Gasteiger charge is -2.32. The molecule has 0 N–H and O–H groups in total. The predicted molar refractivity (Wildman–Crippen MR) is 97.8 cm³/mol. The smallest absolute Gasteiger partial charge is 0.428 e. The van der Waals surface area contributed by atoms with Gasteiger partial charge >= 0.3 is 6.16 Å². The second-order valence-electron chi connectivity index (χ2n) is 8.00. The first-order chi connectivity index (χ1) is 11.0. The van der Waals surface area contributed by atoms with Crippen LogP contribution in [0, 0.1) is 0 Å². The van der Waals surface area contributed by atoms with E-state index in [2.05, 4.69) is 46.7 Å². The minimum absolute atomic E-state index is 0.0225. The molecule has 0 radical (unpaired) electrons. The lowest BCUT2D eigenvalue weighted by atomic mass is 9.81. The molecule has 2 aliphatic rings. The second-order valence-corrected chi connectivity index (χ2v) is 8.85. The van der Waals surface area contributed by atoms with Crippen LogP contribution < -0.4 is 9.64 Å². The molecular weight excluding hydrogens is 372 g/mol. The molecular formula is C18H25BrN2O3. The van der Waals surface area contributed by atoms with Crippen LogP contribution in [0.5, 0.6) is 5.75 Å². The van der Waals surface area contributed by atoms with E-state index in [-0.39, 0.29) is 5.41 Å². The maximum absolute atomic E-state index is 12.0. The molecule has 3 rings (SSSR count). The zero-order chi connectivity index (χ0) is 17.9. The third-order valence-electron chi connectivity index (χ3n) is 4.93. The number of hydrogen-bond donors (Lipinski definition) is 0. The Morgan fingerprint density at radius 2 is 2.00 bits per heavy atom. The van der Waals surface area contributed by atoms with Gasteiger partial charge in [-0.3, -0.25) is 4.90 Å². The summed E-state index contributed by atoms with van der Waals surface area (Å²) in [5.41, 5.74) is 1.84. The van der Waals surface area contributed by atoms with Gasteiger partial charge in [0.05, 0.1) is 11.9 Å². The number of halogens is 1. The van der Waals surface area contributed by atoms with Crippen molar-refractivity contribution in [2.75, 3.05) is 25.5 Å². The summed E-state index contributed by atoms with van der Waals surface area (Å²) >= 11 is 3.65. The van der Waals surface area contributed by atoms with Gasteiger partial charge < -0.3 is 14.4 Å². The van der Waals surface area contributed by atoms with Crippen molar-refractivity contribution in [2.24, 2.45) is 0 Å². The lowest BCUT2D eigenvalue weighted by Crippen LogP contribution is -2.45. The number of fused-ring (bicyclic) bond motifs is 3. The van der Waals surface area contributed by atoms with Crippen molar-refractivity contribution in [3.05, 3.63) is 22.2 Å². The number of likely N-dealkylation sites (tertiary alicyclic amines) is 1. The average Bonchev–Trinajstić information content (AvgIpc) is 2.82. The van der Waals surface area contributed by atoms with Crippen molar-refractivity contribution >= 4 is 27.8 Å². The standard InChI is InChI=1S/C18H25BrN2O3/c1-17(2,3)24-16(22)23-11-9-12-14(13(19)10-11)21(6)15-18(12,4)7-8-20(15)5/h9-10,15H,7-8H2,1-6H3/t15?,18-/m0/s1. The van der Waals surface area contributed by atoms with Gasteiger partial charge in [0.15, 0.2) is 0 Å². The Bertz CT molecular complexity index is 686. The third-order valence-corrected chi connectivity index (χ3v) is 5.54. The molecule has 5 nitrogen and oxygen atoms in total. The summed E-state index contributed by atoms with van der Waals surface area (Å²) in [6.07, 6.45) is 0.722. The van der Waals surface area contributed by atoms with Crippen molar-refractivity contribution in [1.29, 1.82) is 0 Å². The van der Waals surface area contributed by atoms with Gasteiger partial charge in [0.25, 0.3) is 0 Å². The second kappa shape index (κ2) is 5.63. The zero-order valence-corrected chi connectivity index (χ0v) is 16.7. The first-order valence-electron chi connectivity index (χ1n) is 8.21. The molecule has 1 aromatic carbocycles. The quantitative estimate of drug-likeness (QED) is 0.527. The Morgan fingerprint density at radius 1 is 1.33 bits per heavy atom. The number of likely N-dealkylation sites (N-methyl/N-ethyl adjacent to an activating group) is 2. The van der Waals surface area contributed by atoms with E-state index in [0.29, 0.717) is 11.9 Å². The summed E-state index contributed by atoms with van der Waals surface area (Å²) in [5.74, 6) is 0.514. The van der Waals surface area contributed by atoms with Crippen molar-refractivity contribution in [2.45, 2.75) is 51.3 Å². The van der Waals surface area contributed by atoms with Crippen LogP contribution in [-0.4, -0.2) is 43.5 Å². The number of hydrogen-bond acceptors (Lipinski definition) is 5. The Kier molecular flexibility index (Phi) is 4.12. The molecule has 2 atom stereocenters. The van der Waals surface area contributed by atoms with Crippen LogP contribution >= 0.6 is 15.9 Å². The summed E-state index contributed by atoms with van der Waals surface area (Å²) in [7, 11) is 4.28. The van der Waals surface area contributed by atoms with Gasteiger partial charge in [-0.2, -0.15) is 0 Å². The number of carbonyl (C=O) groups is 1. The minimum Gasteiger partial charge on any atom is -0.428 e. The topological polar surface area (TPSA) is 42.0 Å². The van der Waals surface area contributed by atoms with Crippen molar-refractivity contribution in [3.63, 3.8) is 0 Å². The molecule has 0 aromatic heterocycles. The summed E-state index contributed by atoms with van der Waals surface area (Å²) in [4.78, 5) is 16.7. The minimum atomic E-state index is -0.675. The Labute approximate surface area is 152 Å². The molecule has 132 valence electrons. The summed E-state index contributed by atoms with van der Waals surface area (Å²) in [6, 6.07) is 3.82. The number of carbonyl (C=O) groups excluding carboxylic acids is 1. The lowest BCUT2D eigenvalue weighted by molar-refractivity contribution is 0.0206. The molecule has 0 spiro atoms. The van der Waals surface area contributed by atoms with Crippen LogP contribution in [0.15, 0.2) is 16.6 Å². The van der Waals surface area contributed by atoms with Crippen LogP contribution in [0.25, 0.3) is 0 Å². The maximum Gasteiger partial charge on any atom is 0.514 e. The van der Waals surface area contributed by atoms with E-state index in [0.717, 1.165) is 17.4 Å². The zero-order valence-electron chi connectivity index (χ0n) is 15.1. The van der Waals surface area contributed by atoms with Crippen LogP contribution in [0.1, 0.15) is 39.7 Å². The molecule has 0 saturated carbocycles. The average molecular weight is 397 g/mol.